The number of fused-ring (bicyclic) bond motifs is 1. The Morgan fingerprint density at radius 2 is 2.04 bits per heavy atom. The minimum absolute atomic E-state index is 0.00765. The molecule has 3 aromatic heterocycles. The van der Waals surface area contributed by atoms with Crippen LogP contribution in [0.15, 0.2) is 29.5 Å². The van der Waals surface area contributed by atoms with Gasteiger partial charge in [0.2, 0.25) is 5.95 Å². The summed E-state index contributed by atoms with van der Waals surface area (Å²) >= 11 is 0. The molecule has 2 N–H and O–H groups in total. The van der Waals surface area contributed by atoms with Gasteiger partial charge < -0.3 is 15.2 Å². The predicted molar refractivity (Wildman–Crippen MR) is 92.5 cm³/mol. The van der Waals surface area contributed by atoms with Crippen molar-refractivity contribution in [3.05, 3.63) is 35.0 Å². The van der Waals surface area contributed by atoms with Crippen LogP contribution in [0.5, 0.6) is 0 Å². The Kier molecular flexibility index (Phi) is 3.09. The van der Waals surface area contributed by atoms with Crippen LogP contribution in [-0.2, 0) is 14.1 Å². The predicted octanol–water partition coefficient (Wildman–Crippen LogP) is 1.77. The molecule has 24 heavy (non-hydrogen) atoms. The molecule has 0 saturated heterocycles. The molecule has 1 fully saturated rings. The zero-order valence-corrected chi connectivity index (χ0v) is 13.9. The molecule has 8 nitrogen and oxygen atoms in total. The van der Waals surface area contributed by atoms with E-state index < -0.39 is 0 Å². The third kappa shape index (κ3) is 2.60. The summed E-state index contributed by atoms with van der Waals surface area (Å²) in [6.07, 6.45) is 7.39. The number of hydrogen-bond acceptors (Lipinski definition) is 6. The molecule has 1 aliphatic rings. The lowest BCUT2D eigenvalue weighted by Gasteiger charge is -2.15. The van der Waals surface area contributed by atoms with Crippen molar-refractivity contribution in [1.29, 1.82) is 0 Å². The Bertz CT molecular complexity index is 984. The summed E-state index contributed by atoms with van der Waals surface area (Å²) in [5.41, 5.74) is 1.32. The average Bonchev–Trinajstić information content (AvgIpc) is 3.11. The number of pyridine rings is 1. The molecular weight excluding hydrogens is 306 g/mol. The molecule has 3 aromatic rings. The molecule has 0 spiro atoms. The zero-order valence-electron chi connectivity index (χ0n) is 13.9. The van der Waals surface area contributed by atoms with Gasteiger partial charge in [0.15, 0.2) is 0 Å². The normalized spacial score (nSPS) is 15.5. The second-order valence-corrected chi connectivity index (χ2v) is 6.60. The van der Waals surface area contributed by atoms with Crippen LogP contribution in [0.3, 0.4) is 0 Å². The number of rotatable bonds is 4. The van der Waals surface area contributed by atoms with E-state index in [9.17, 15) is 4.79 Å². The van der Waals surface area contributed by atoms with Gasteiger partial charge in [0.25, 0.3) is 5.56 Å². The second-order valence-electron chi connectivity index (χ2n) is 6.60. The number of hydrogen-bond donors (Lipinski definition) is 2. The first-order chi connectivity index (χ1) is 11.4. The molecule has 124 valence electrons. The highest BCUT2D eigenvalue weighted by Gasteiger charge is 2.38. The smallest absolute Gasteiger partial charge is 0.263 e. The second kappa shape index (κ2) is 5.05. The van der Waals surface area contributed by atoms with E-state index in [4.69, 9.17) is 0 Å². The maximum absolute atomic E-state index is 12.5. The van der Waals surface area contributed by atoms with Crippen molar-refractivity contribution in [2.75, 3.05) is 10.6 Å². The molecule has 1 aliphatic carbocycles. The summed E-state index contributed by atoms with van der Waals surface area (Å²) in [7, 11) is 3.57. The highest BCUT2D eigenvalue weighted by atomic mass is 16.1. The minimum Gasteiger partial charge on any atom is -0.364 e. The lowest BCUT2D eigenvalue weighted by molar-refractivity contribution is 0.768. The third-order valence-corrected chi connectivity index (χ3v) is 4.31. The van der Waals surface area contributed by atoms with Gasteiger partial charge in [-0.25, -0.2) is 4.98 Å². The Hall–Kier alpha value is -2.90. The van der Waals surface area contributed by atoms with E-state index in [1.165, 1.54) is 0 Å². The SMILES string of the molecule is Cn1cc(Nc2nc(NC3(C)CC3)c3c(=O)n(C)ccc3n2)cn1. The number of nitrogens with one attached hydrogen (secondary N) is 2. The van der Waals surface area contributed by atoms with E-state index in [0.717, 1.165) is 18.5 Å². The minimum atomic E-state index is -0.104. The topological polar surface area (TPSA) is 89.7 Å². The standard InChI is InChI=1S/C16H19N7O/c1-16(5-6-16)21-13-12-11(4-7-22(2)14(12)24)19-15(20-13)18-10-8-17-23(3)9-10/h4,7-9H,5-6H2,1-3H3,(H2,18,19,20,21). The van der Waals surface area contributed by atoms with Gasteiger partial charge >= 0.3 is 0 Å². The van der Waals surface area contributed by atoms with Crippen LogP contribution in [0.4, 0.5) is 17.5 Å². The van der Waals surface area contributed by atoms with Crippen molar-refractivity contribution in [2.24, 2.45) is 14.1 Å². The molecule has 4 rings (SSSR count). The Labute approximate surface area is 138 Å². The summed E-state index contributed by atoms with van der Waals surface area (Å²) in [5, 5.41) is 11.2. The number of anilines is 3. The maximum atomic E-state index is 12.5. The number of aromatic nitrogens is 5. The summed E-state index contributed by atoms with van der Waals surface area (Å²) in [4.78, 5) is 21.6. The molecule has 3 heterocycles. The molecule has 0 unspecified atom stereocenters. The molecule has 0 aliphatic heterocycles. The van der Waals surface area contributed by atoms with Gasteiger partial charge in [0.05, 0.1) is 17.4 Å². The van der Waals surface area contributed by atoms with Gasteiger partial charge in [-0.3, -0.25) is 9.48 Å². The van der Waals surface area contributed by atoms with Crippen LogP contribution < -0.4 is 16.2 Å². The fraction of sp³-hybridized carbons (Fsp3) is 0.375. The fourth-order valence-corrected chi connectivity index (χ4v) is 2.60. The highest BCUT2D eigenvalue weighted by Crippen LogP contribution is 2.38. The van der Waals surface area contributed by atoms with Crippen molar-refractivity contribution >= 4 is 28.4 Å². The molecule has 0 aromatic carbocycles. The summed E-state index contributed by atoms with van der Waals surface area (Å²) < 4.78 is 3.24. The summed E-state index contributed by atoms with van der Waals surface area (Å²) in [5.74, 6) is 1.02. The first-order valence-corrected chi connectivity index (χ1v) is 7.85. The molecule has 0 atom stereocenters. The Morgan fingerprint density at radius 3 is 2.71 bits per heavy atom. The van der Waals surface area contributed by atoms with Crippen LogP contribution in [0.25, 0.3) is 10.9 Å². The van der Waals surface area contributed by atoms with E-state index >= 15 is 0 Å². The summed E-state index contributed by atoms with van der Waals surface area (Å²) in [6, 6.07) is 1.83. The lowest BCUT2D eigenvalue weighted by Crippen LogP contribution is -2.23. The van der Waals surface area contributed by atoms with E-state index in [1.807, 2.05) is 19.3 Å². The molecule has 0 amide bonds. The van der Waals surface area contributed by atoms with Gasteiger partial charge in [-0.15, -0.1) is 0 Å². The van der Waals surface area contributed by atoms with Crippen molar-refractivity contribution in [2.45, 2.75) is 25.3 Å². The van der Waals surface area contributed by atoms with Crippen molar-refractivity contribution in [3.63, 3.8) is 0 Å². The Balaban J connectivity index is 1.84. The first-order valence-electron chi connectivity index (χ1n) is 7.85. The van der Waals surface area contributed by atoms with Crippen LogP contribution in [0.1, 0.15) is 19.8 Å². The lowest BCUT2D eigenvalue weighted by atomic mass is 10.2. The molecule has 0 bridgehead atoms. The van der Waals surface area contributed by atoms with Gasteiger partial charge in [-0.05, 0) is 25.8 Å². The summed E-state index contributed by atoms with van der Waals surface area (Å²) in [6.45, 7) is 2.13. The largest absolute Gasteiger partial charge is 0.364 e. The third-order valence-electron chi connectivity index (χ3n) is 4.31. The molecular formula is C16H19N7O. The van der Waals surface area contributed by atoms with Gasteiger partial charge in [-0.2, -0.15) is 10.1 Å². The maximum Gasteiger partial charge on any atom is 0.263 e. The number of nitrogens with zero attached hydrogens (tertiary/aromatic N) is 5. The van der Waals surface area contributed by atoms with E-state index in [2.05, 4.69) is 32.6 Å². The van der Waals surface area contributed by atoms with Crippen molar-refractivity contribution in [1.82, 2.24) is 24.3 Å². The van der Waals surface area contributed by atoms with Crippen LogP contribution >= 0.6 is 0 Å². The first kappa shape index (κ1) is 14.7. The zero-order chi connectivity index (χ0) is 16.9. The highest BCUT2D eigenvalue weighted by molar-refractivity contribution is 5.89. The quantitative estimate of drug-likeness (QED) is 0.760. The molecule has 0 radical (unpaired) electrons. The fourth-order valence-electron chi connectivity index (χ4n) is 2.60. The Morgan fingerprint density at radius 1 is 1.25 bits per heavy atom. The number of aryl methyl sites for hydroxylation is 2. The van der Waals surface area contributed by atoms with E-state index in [-0.39, 0.29) is 11.1 Å². The van der Waals surface area contributed by atoms with E-state index in [0.29, 0.717) is 22.7 Å². The van der Waals surface area contributed by atoms with E-state index in [1.54, 1.807) is 28.7 Å². The monoisotopic (exact) mass is 325 g/mol. The molecule has 1 saturated carbocycles. The van der Waals surface area contributed by atoms with Crippen LogP contribution in [0.2, 0.25) is 0 Å². The van der Waals surface area contributed by atoms with Gasteiger partial charge in [0.1, 0.15) is 11.2 Å². The van der Waals surface area contributed by atoms with Crippen molar-refractivity contribution in [3.8, 4) is 0 Å². The van der Waals surface area contributed by atoms with Crippen molar-refractivity contribution < 1.29 is 0 Å². The van der Waals surface area contributed by atoms with Gasteiger partial charge in [0, 0.05) is 32.0 Å². The average molecular weight is 325 g/mol. The molecule has 8 heteroatoms. The van der Waals surface area contributed by atoms with Crippen LogP contribution in [-0.4, -0.2) is 29.9 Å². The van der Waals surface area contributed by atoms with Crippen LogP contribution in [0, 0.1) is 0 Å². The van der Waals surface area contributed by atoms with Gasteiger partial charge in [-0.1, -0.05) is 0 Å².